The van der Waals surface area contributed by atoms with Gasteiger partial charge in [-0.3, -0.25) is 0 Å². The Labute approximate surface area is 190 Å². The maximum absolute atomic E-state index is 14.8. The summed E-state index contributed by atoms with van der Waals surface area (Å²) in [5.74, 6) is -7.54. The molecular weight excluding hydrogens is 465 g/mol. The molecule has 3 aromatic rings. The fourth-order valence-corrected chi connectivity index (χ4v) is 3.78. The first-order valence-corrected chi connectivity index (χ1v) is 10.5. The van der Waals surface area contributed by atoms with Crippen LogP contribution in [0.2, 0.25) is 0 Å². The number of halogens is 7. The van der Waals surface area contributed by atoms with Gasteiger partial charge in [-0.05, 0) is 54.2 Å². The molecule has 9 heteroatoms. The quantitative estimate of drug-likeness (QED) is 0.276. The summed E-state index contributed by atoms with van der Waals surface area (Å²) in [6.45, 7) is 2.11. The van der Waals surface area contributed by atoms with Crippen LogP contribution < -0.4 is 4.74 Å². The predicted octanol–water partition coefficient (Wildman–Crippen LogP) is 7.50. The van der Waals surface area contributed by atoms with Crippen molar-refractivity contribution in [3.05, 3.63) is 77.6 Å². The van der Waals surface area contributed by atoms with E-state index < -0.39 is 46.9 Å². The molecule has 0 aliphatic carbocycles. The van der Waals surface area contributed by atoms with Gasteiger partial charge in [0.25, 0.3) is 0 Å². The van der Waals surface area contributed by atoms with Crippen LogP contribution in [0.3, 0.4) is 0 Å². The van der Waals surface area contributed by atoms with E-state index in [1.54, 1.807) is 0 Å². The van der Waals surface area contributed by atoms with Crippen LogP contribution in [0.1, 0.15) is 19.8 Å². The van der Waals surface area contributed by atoms with Gasteiger partial charge in [-0.25, -0.2) is 22.0 Å². The monoisotopic (exact) mass is 484 g/mol. The molecule has 1 aliphatic rings. The van der Waals surface area contributed by atoms with Gasteiger partial charge in [-0.1, -0.05) is 31.2 Å². The van der Waals surface area contributed by atoms with Gasteiger partial charge in [0, 0.05) is 11.1 Å². The first-order valence-electron chi connectivity index (χ1n) is 10.5. The minimum absolute atomic E-state index is 0.144. The minimum atomic E-state index is -3.57. The molecule has 0 N–H and O–H groups in total. The van der Waals surface area contributed by atoms with Gasteiger partial charge in [-0.15, -0.1) is 0 Å². The molecule has 0 bridgehead atoms. The predicted molar refractivity (Wildman–Crippen MR) is 111 cm³/mol. The summed E-state index contributed by atoms with van der Waals surface area (Å²) in [4.78, 5) is 0. The van der Waals surface area contributed by atoms with E-state index in [1.807, 2.05) is 6.92 Å². The van der Waals surface area contributed by atoms with Crippen molar-refractivity contribution in [3.8, 4) is 28.0 Å². The lowest BCUT2D eigenvalue weighted by Gasteiger charge is -2.32. The van der Waals surface area contributed by atoms with Gasteiger partial charge in [0.15, 0.2) is 35.2 Å². The normalized spacial score (nSPS) is 18.7. The molecule has 180 valence electrons. The molecule has 2 nitrogen and oxygen atoms in total. The Balaban J connectivity index is 1.55. The third kappa shape index (κ3) is 4.75. The second kappa shape index (κ2) is 9.29. The van der Waals surface area contributed by atoms with Crippen molar-refractivity contribution in [1.82, 2.24) is 0 Å². The van der Waals surface area contributed by atoms with E-state index in [0.717, 1.165) is 12.1 Å². The lowest BCUT2D eigenvalue weighted by molar-refractivity contribution is -0.264. The molecule has 3 aromatic carbocycles. The fraction of sp³-hybridized carbons (Fsp3) is 0.280. The van der Waals surface area contributed by atoms with Crippen LogP contribution in [0.15, 0.2) is 48.5 Å². The third-order valence-corrected chi connectivity index (χ3v) is 5.67. The summed E-state index contributed by atoms with van der Waals surface area (Å²) in [5.41, 5.74) is -0.921. The topological polar surface area (TPSA) is 18.5 Å². The molecule has 0 radical (unpaired) electrons. The van der Waals surface area contributed by atoms with Gasteiger partial charge in [-0.2, -0.15) is 8.78 Å². The molecule has 1 saturated heterocycles. The zero-order valence-electron chi connectivity index (χ0n) is 17.9. The highest BCUT2D eigenvalue weighted by atomic mass is 19.3. The highest BCUT2D eigenvalue weighted by Crippen LogP contribution is 2.36. The van der Waals surface area contributed by atoms with E-state index in [4.69, 9.17) is 9.47 Å². The number of ether oxygens (including phenoxy) is 2. The Morgan fingerprint density at radius 1 is 0.765 bits per heavy atom. The largest absolute Gasteiger partial charge is 0.431 e. The van der Waals surface area contributed by atoms with Crippen LogP contribution in [0.4, 0.5) is 30.7 Å². The van der Waals surface area contributed by atoms with E-state index in [2.05, 4.69) is 0 Å². The summed E-state index contributed by atoms with van der Waals surface area (Å²) in [7, 11) is 0. The molecular formula is C25H19F7O2. The highest BCUT2D eigenvalue weighted by molar-refractivity contribution is 5.72. The van der Waals surface area contributed by atoms with Crippen LogP contribution in [0.5, 0.6) is 5.75 Å². The number of benzene rings is 3. The van der Waals surface area contributed by atoms with E-state index in [9.17, 15) is 30.7 Å². The van der Waals surface area contributed by atoms with Crippen molar-refractivity contribution < 1.29 is 40.2 Å². The number of hydrogen-bond acceptors (Lipinski definition) is 2. The maximum atomic E-state index is 14.8. The van der Waals surface area contributed by atoms with Gasteiger partial charge in [0.1, 0.15) is 5.75 Å². The molecule has 0 amide bonds. The van der Waals surface area contributed by atoms with Crippen LogP contribution in [0, 0.1) is 35.0 Å². The second-order valence-corrected chi connectivity index (χ2v) is 8.24. The molecule has 2 unspecified atom stereocenters. The van der Waals surface area contributed by atoms with Crippen LogP contribution in [-0.4, -0.2) is 18.8 Å². The van der Waals surface area contributed by atoms with Gasteiger partial charge in [0.2, 0.25) is 0 Å². The Bertz CT molecular complexity index is 1160. The minimum Gasteiger partial charge on any atom is -0.431 e. The fourth-order valence-electron chi connectivity index (χ4n) is 3.78. The molecule has 4 rings (SSSR count). The Morgan fingerprint density at radius 2 is 1.32 bits per heavy atom. The summed E-state index contributed by atoms with van der Waals surface area (Å²) >= 11 is 0. The van der Waals surface area contributed by atoms with Crippen molar-refractivity contribution in [3.63, 3.8) is 0 Å². The van der Waals surface area contributed by atoms with Gasteiger partial charge >= 0.3 is 6.11 Å². The lowest BCUT2D eigenvalue weighted by Crippen LogP contribution is -2.44. The van der Waals surface area contributed by atoms with Crippen molar-refractivity contribution in [2.24, 2.45) is 5.92 Å². The lowest BCUT2D eigenvalue weighted by atomic mass is 9.98. The van der Waals surface area contributed by atoms with E-state index in [1.165, 1.54) is 24.3 Å². The summed E-state index contributed by atoms with van der Waals surface area (Å²) < 4.78 is 108. The third-order valence-electron chi connectivity index (χ3n) is 5.67. The smallest absolute Gasteiger partial charge is 0.424 e. The SMILES string of the molecule is CC1CCC(C(F)(F)Oc2ccc(-c3ccc(-c4cc(F)c(F)c(F)c4)c(F)c3F)cc2)OC1. The van der Waals surface area contributed by atoms with Gasteiger partial charge < -0.3 is 9.47 Å². The average molecular weight is 484 g/mol. The standard InChI is InChI=1S/C25H19F7O2/c1-13-2-9-21(33-12-13)25(31,32)34-16-5-3-14(4-6-16)17-7-8-18(23(29)22(17)28)15-10-19(26)24(30)20(27)11-15/h3-8,10-11,13,21H,2,9,12H2,1H3. The van der Waals surface area contributed by atoms with Crippen molar-refractivity contribution in [2.75, 3.05) is 6.61 Å². The van der Waals surface area contributed by atoms with E-state index >= 15 is 0 Å². The van der Waals surface area contributed by atoms with E-state index in [0.29, 0.717) is 18.6 Å². The second-order valence-electron chi connectivity index (χ2n) is 8.24. The van der Waals surface area contributed by atoms with Crippen LogP contribution >= 0.6 is 0 Å². The molecule has 1 heterocycles. The molecule has 1 aliphatic heterocycles. The summed E-state index contributed by atoms with van der Waals surface area (Å²) in [5, 5.41) is 0. The number of rotatable bonds is 5. The number of alkyl halides is 2. The molecule has 1 fully saturated rings. The zero-order chi connectivity index (χ0) is 24.6. The van der Waals surface area contributed by atoms with Crippen molar-refractivity contribution in [1.29, 1.82) is 0 Å². The van der Waals surface area contributed by atoms with Crippen molar-refractivity contribution >= 4 is 0 Å². The molecule has 34 heavy (non-hydrogen) atoms. The van der Waals surface area contributed by atoms with Crippen LogP contribution in [0.25, 0.3) is 22.3 Å². The maximum Gasteiger partial charge on any atom is 0.424 e. The Morgan fingerprint density at radius 3 is 1.85 bits per heavy atom. The van der Waals surface area contributed by atoms with E-state index in [-0.39, 0.29) is 41.4 Å². The average Bonchev–Trinajstić information content (AvgIpc) is 2.79. The Kier molecular flexibility index (Phi) is 6.58. The van der Waals surface area contributed by atoms with Crippen molar-refractivity contribution in [2.45, 2.75) is 32.0 Å². The zero-order valence-corrected chi connectivity index (χ0v) is 17.9. The first kappa shape index (κ1) is 24.1. The molecule has 2 atom stereocenters. The van der Waals surface area contributed by atoms with Gasteiger partial charge in [0.05, 0.1) is 6.61 Å². The highest BCUT2D eigenvalue weighted by Gasteiger charge is 2.45. The Hall–Kier alpha value is -3.07. The van der Waals surface area contributed by atoms with Crippen LogP contribution in [-0.2, 0) is 4.74 Å². The first-order chi connectivity index (χ1) is 16.1. The summed E-state index contributed by atoms with van der Waals surface area (Å²) in [6.07, 6.45) is -4.23. The molecule has 0 aromatic heterocycles. The molecule has 0 spiro atoms. The summed E-state index contributed by atoms with van der Waals surface area (Å²) in [6, 6.07) is 8.26. The number of hydrogen-bond donors (Lipinski definition) is 0. The molecule has 0 saturated carbocycles.